The highest BCUT2D eigenvalue weighted by Gasteiger charge is 2.18. The van der Waals surface area contributed by atoms with E-state index in [0.717, 1.165) is 12.0 Å². The summed E-state index contributed by atoms with van der Waals surface area (Å²) in [5.74, 6) is 0.886. The van der Waals surface area contributed by atoms with Gasteiger partial charge in [0.25, 0.3) is 5.91 Å². The molecule has 15 heavy (non-hydrogen) atoms. The number of nitrogens with zero attached hydrogens (tertiary/aromatic N) is 1. The number of carbonyl (C=O) groups is 1. The summed E-state index contributed by atoms with van der Waals surface area (Å²) < 4.78 is 5.24. The van der Waals surface area contributed by atoms with Crippen molar-refractivity contribution in [2.24, 2.45) is 5.73 Å². The molecular weight excluding hydrogens is 194 g/mol. The van der Waals surface area contributed by atoms with Crippen molar-refractivity contribution in [3.8, 4) is 5.75 Å². The second kappa shape index (κ2) is 3.86. The predicted molar refractivity (Wildman–Crippen MR) is 55.6 cm³/mol. The second-order valence-electron chi connectivity index (χ2n) is 3.47. The van der Waals surface area contributed by atoms with Crippen LogP contribution in [0.4, 0.5) is 5.82 Å². The molecule has 2 heterocycles. The van der Waals surface area contributed by atoms with Gasteiger partial charge in [-0.15, -0.1) is 0 Å². The number of nitrogens with two attached hydrogens (primary N) is 1. The molecule has 5 nitrogen and oxygen atoms in total. The van der Waals surface area contributed by atoms with Gasteiger partial charge in [0.1, 0.15) is 0 Å². The van der Waals surface area contributed by atoms with Gasteiger partial charge >= 0.3 is 0 Å². The lowest BCUT2D eigenvalue weighted by molar-refractivity contribution is -0.118. The van der Waals surface area contributed by atoms with Crippen molar-refractivity contribution in [2.45, 2.75) is 19.4 Å². The molecule has 1 aliphatic rings. The predicted octanol–water partition coefficient (Wildman–Crippen LogP) is 0.822. The van der Waals surface area contributed by atoms with Crippen LogP contribution in [0.1, 0.15) is 24.9 Å². The fourth-order valence-corrected chi connectivity index (χ4v) is 1.41. The van der Waals surface area contributed by atoms with E-state index in [4.69, 9.17) is 10.5 Å². The van der Waals surface area contributed by atoms with Crippen LogP contribution in [0.25, 0.3) is 0 Å². The zero-order valence-electron chi connectivity index (χ0n) is 8.49. The molecule has 0 saturated heterocycles. The van der Waals surface area contributed by atoms with Crippen molar-refractivity contribution >= 4 is 11.7 Å². The molecule has 1 atom stereocenters. The molecule has 3 N–H and O–H groups in total. The van der Waals surface area contributed by atoms with Crippen LogP contribution in [0.2, 0.25) is 0 Å². The lowest BCUT2D eigenvalue weighted by atomic mass is 10.1. The lowest BCUT2D eigenvalue weighted by Crippen LogP contribution is -2.26. The van der Waals surface area contributed by atoms with Gasteiger partial charge < -0.3 is 15.8 Å². The summed E-state index contributed by atoms with van der Waals surface area (Å²) in [6, 6.07) is 1.79. The van der Waals surface area contributed by atoms with Gasteiger partial charge in [0, 0.05) is 12.2 Å². The second-order valence-corrected chi connectivity index (χ2v) is 3.47. The molecule has 0 fully saturated rings. The van der Waals surface area contributed by atoms with E-state index < -0.39 is 0 Å². The summed E-state index contributed by atoms with van der Waals surface area (Å²) in [4.78, 5) is 15.1. The maximum atomic E-state index is 11.0. The average Bonchev–Trinajstić information content (AvgIpc) is 2.27. The molecular formula is C10H13N3O2. The number of amides is 1. The Labute approximate surface area is 87.6 Å². The Balaban J connectivity index is 2.30. The summed E-state index contributed by atoms with van der Waals surface area (Å²) in [5.41, 5.74) is 6.80. The van der Waals surface area contributed by atoms with E-state index in [2.05, 4.69) is 10.3 Å². The Kier molecular flexibility index (Phi) is 2.55. The van der Waals surface area contributed by atoms with Crippen LogP contribution in [-0.4, -0.2) is 17.5 Å². The molecule has 2 rings (SSSR count). The number of anilines is 1. The fourth-order valence-electron chi connectivity index (χ4n) is 1.41. The summed E-state index contributed by atoms with van der Waals surface area (Å²) in [6.45, 7) is 2.05. The van der Waals surface area contributed by atoms with Gasteiger partial charge in [0.2, 0.25) is 0 Å². The van der Waals surface area contributed by atoms with E-state index in [1.54, 1.807) is 6.20 Å². The topological polar surface area (TPSA) is 77.2 Å². The third kappa shape index (κ3) is 1.92. The fraction of sp³-hybridized carbons (Fsp3) is 0.400. The maximum Gasteiger partial charge on any atom is 0.263 e. The Hall–Kier alpha value is -1.62. The third-order valence-corrected chi connectivity index (χ3v) is 2.36. The normalized spacial score (nSPS) is 16.3. The zero-order valence-corrected chi connectivity index (χ0v) is 8.49. The zero-order chi connectivity index (χ0) is 10.8. The van der Waals surface area contributed by atoms with Crippen molar-refractivity contribution in [3.05, 3.63) is 17.8 Å². The molecule has 80 valence electrons. The molecule has 1 unspecified atom stereocenters. The van der Waals surface area contributed by atoms with Crippen LogP contribution in [-0.2, 0) is 4.79 Å². The van der Waals surface area contributed by atoms with Crippen LogP contribution in [0.5, 0.6) is 5.75 Å². The largest absolute Gasteiger partial charge is 0.480 e. The quantitative estimate of drug-likeness (QED) is 0.752. The molecule has 1 amide bonds. The van der Waals surface area contributed by atoms with Gasteiger partial charge in [0.05, 0.1) is 0 Å². The highest BCUT2D eigenvalue weighted by Crippen LogP contribution is 2.28. The number of pyridine rings is 1. The molecule has 0 aromatic carbocycles. The highest BCUT2D eigenvalue weighted by atomic mass is 16.5. The van der Waals surface area contributed by atoms with E-state index in [9.17, 15) is 4.79 Å². The highest BCUT2D eigenvalue weighted by molar-refractivity contribution is 5.94. The Morgan fingerprint density at radius 1 is 1.73 bits per heavy atom. The summed E-state index contributed by atoms with van der Waals surface area (Å²) in [7, 11) is 0. The Morgan fingerprint density at radius 3 is 3.27 bits per heavy atom. The molecule has 0 aliphatic carbocycles. The van der Waals surface area contributed by atoms with E-state index >= 15 is 0 Å². The first-order valence-corrected chi connectivity index (χ1v) is 4.89. The van der Waals surface area contributed by atoms with E-state index in [0.29, 0.717) is 11.6 Å². The first-order valence-electron chi connectivity index (χ1n) is 4.89. The van der Waals surface area contributed by atoms with Crippen molar-refractivity contribution in [1.29, 1.82) is 0 Å². The van der Waals surface area contributed by atoms with Crippen LogP contribution in [0.15, 0.2) is 12.3 Å². The molecule has 1 aliphatic heterocycles. The van der Waals surface area contributed by atoms with Gasteiger partial charge in [-0.25, -0.2) is 4.98 Å². The molecule has 1 aromatic rings. The standard InChI is InChI=1S/C10H13N3O2/c1-2-7(11)6-3-8-10(12-4-6)13-9(14)5-15-8/h3-4,7H,2,5,11H2,1H3,(H,12,13,14). The number of rotatable bonds is 2. The van der Waals surface area contributed by atoms with Gasteiger partial charge in [-0.1, -0.05) is 6.92 Å². The minimum Gasteiger partial charge on any atom is -0.480 e. The van der Waals surface area contributed by atoms with E-state index in [1.807, 2.05) is 13.0 Å². The van der Waals surface area contributed by atoms with Crippen LogP contribution in [0.3, 0.4) is 0 Å². The number of aromatic nitrogens is 1. The molecule has 0 saturated carbocycles. The van der Waals surface area contributed by atoms with E-state index in [-0.39, 0.29) is 18.6 Å². The van der Waals surface area contributed by atoms with Gasteiger partial charge in [-0.3, -0.25) is 4.79 Å². The summed E-state index contributed by atoms with van der Waals surface area (Å²) in [5, 5.41) is 2.63. The molecule has 0 radical (unpaired) electrons. The van der Waals surface area contributed by atoms with Gasteiger partial charge in [-0.05, 0) is 18.1 Å². The van der Waals surface area contributed by atoms with Crippen LogP contribution < -0.4 is 15.8 Å². The SMILES string of the molecule is CCC(N)c1cnc2c(c1)OCC(=O)N2. The first kappa shape index (κ1) is 9.92. The number of hydrogen-bond donors (Lipinski definition) is 2. The minimum atomic E-state index is -0.178. The smallest absolute Gasteiger partial charge is 0.263 e. The summed E-state index contributed by atoms with van der Waals surface area (Å²) in [6.07, 6.45) is 2.51. The van der Waals surface area contributed by atoms with Gasteiger partial charge in [0.15, 0.2) is 18.2 Å². The summed E-state index contributed by atoms with van der Waals surface area (Å²) >= 11 is 0. The minimum absolute atomic E-state index is 0.0379. The van der Waals surface area contributed by atoms with Crippen LogP contribution in [0, 0.1) is 0 Å². The molecule has 1 aromatic heterocycles. The maximum absolute atomic E-state index is 11.0. The molecule has 0 spiro atoms. The lowest BCUT2D eigenvalue weighted by Gasteiger charge is -2.18. The number of ether oxygens (including phenoxy) is 1. The van der Waals surface area contributed by atoms with Crippen LogP contribution >= 0.6 is 0 Å². The van der Waals surface area contributed by atoms with Crippen molar-refractivity contribution in [3.63, 3.8) is 0 Å². The van der Waals surface area contributed by atoms with E-state index in [1.165, 1.54) is 0 Å². The molecule has 0 bridgehead atoms. The Morgan fingerprint density at radius 2 is 2.53 bits per heavy atom. The third-order valence-electron chi connectivity index (χ3n) is 2.36. The van der Waals surface area contributed by atoms with Crippen molar-refractivity contribution in [2.75, 3.05) is 11.9 Å². The molecule has 5 heteroatoms. The number of hydrogen-bond acceptors (Lipinski definition) is 4. The Bertz CT molecular complexity index is 392. The first-order chi connectivity index (χ1) is 7.20. The van der Waals surface area contributed by atoms with Gasteiger partial charge in [-0.2, -0.15) is 0 Å². The monoisotopic (exact) mass is 207 g/mol. The number of nitrogens with one attached hydrogen (secondary N) is 1. The van der Waals surface area contributed by atoms with Crippen molar-refractivity contribution < 1.29 is 9.53 Å². The number of carbonyl (C=O) groups excluding carboxylic acids is 1. The average molecular weight is 207 g/mol. The van der Waals surface area contributed by atoms with Crippen molar-refractivity contribution in [1.82, 2.24) is 4.98 Å². The number of fused-ring (bicyclic) bond motifs is 1.